The third-order valence-corrected chi connectivity index (χ3v) is 4.78. The average molecular weight is 344 g/mol. The minimum atomic E-state index is -0.492. The lowest BCUT2D eigenvalue weighted by Crippen LogP contribution is -2.54. The highest BCUT2D eigenvalue weighted by molar-refractivity contribution is 5.78. The van der Waals surface area contributed by atoms with Crippen LogP contribution in [0.3, 0.4) is 0 Å². The van der Waals surface area contributed by atoms with Crippen LogP contribution in [0, 0.1) is 11.3 Å². The van der Waals surface area contributed by atoms with Gasteiger partial charge in [0.25, 0.3) is 0 Å². The number of benzene rings is 1. The zero-order valence-corrected chi connectivity index (χ0v) is 15.1. The van der Waals surface area contributed by atoms with E-state index in [4.69, 9.17) is 5.26 Å². The quantitative estimate of drug-likeness (QED) is 0.802. The van der Waals surface area contributed by atoms with Crippen LogP contribution in [-0.2, 0) is 4.79 Å². The van der Waals surface area contributed by atoms with Crippen molar-refractivity contribution >= 4 is 5.91 Å². The van der Waals surface area contributed by atoms with Crippen LogP contribution in [0.25, 0.3) is 0 Å². The summed E-state index contributed by atoms with van der Waals surface area (Å²) < 4.78 is 0. The summed E-state index contributed by atoms with van der Waals surface area (Å²) in [7, 11) is 1.75. The molecule has 2 atom stereocenters. The van der Waals surface area contributed by atoms with Gasteiger partial charge in [-0.25, -0.2) is 0 Å². The molecule has 25 heavy (non-hydrogen) atoms. The van der Waals surface area contributed by atoms with Crippen LogP contribution in [0.2, 0.25) is 0 Å². The molecule has 6 heteroatoms. The van der Waals surface area contributed by atoms with Gasteiger partial charge in [-0.2, -0.15) is 5.26 Å². The zero-order chi connectivity index (χ0) is 18.2. The van der Waals surface area contributed by atoms with Gasteiger partial charge >= 0.3 is 0 Å². The molecule has 1 aliphatic rings. The Bertz CT molecular complexity index is 587. The van der Waals surface area contributed by atoms with Crippen molar-refractivity contribution in [3.8, 4) is 6.07 Å². The van der Waals surface area contributed by atoms with Crippen molar-refractivity contribution in [1.29, 1.82) is 5.26 Å². The number of rotatable bonds is 7. The van der Waals surface area contributed by atoms with Crippen molar-refractivity contribution in [3.05, 3.63) is 35.9 Å². The number of aliphatic hydroxyl groups excluding tert-OH is 1. The number of carbonyl (C=O) groups is 1. The number of carbonyl (C=O) groups excluding carboxylic acids is 1. The van der Waals surface area contributed by atoms with Crippen molar-refractivity contribution in [1.82, 2.24) is 14.7 Å². The highest BCUT2D eigenvalue weighted by atomic mass is 16.3. The van der Waals surface area contributed by atoms with E-state index in [0.717, 1.165) is 25.2 Å². The molecule has 0 saturated carbocycles. The lowest BCUT2D eigenvalue weighted by molar-refractivity contribution is -0.131. The van der Waals surface area contributed by atoms with Crippen LogP contribution in [0.1, 0.15) is 25.0 Å². The van der Waals surface area contributed by atoms with Crippen LogP contribution < -0.4 is 0 Å². The molecule has 1 heterocycles. The first-order valence-electron chi connectivity index (χ1n) is 8.81. The van der Waals surface area contributed by atoms with Crippen LogP contribution in [-0.4, -0.2) is 78.1 Å². The fourth-order valence-electron chi connectivity index (χ4n) is 3.14. The van der Waals surface area contributed by atoms with Crippen molar-refractivity contribution in [2.45, 2.75) is 25.5 Å². The number of hydrogen-bond donors (Lipinski definition) is 1. The molecule has 1 N–H and O–H groups in total. The van der Waals surface area contributed by atoms with Crippen LogP contribution >= 0.6 is 0 Å². The summed E-state index contributed by atoms with van der Waals surface area (Å²) >= 11 is 0. The van der Waals surface area contributed by atoms with Gasteiger partial charge in [-0.15, -0.1) is 0 Å². The molecule has 1 aromatic carbocycles. The monoisotopic (exact) mass is 344 g/mol. The fraction of sp³-hybridized carbons (Fsp3) is 0.579. The molecule has 0 aliphatic carbocycles. The number of likely N-dealkylation sites (N-methyl/N-ethyl adjacent to an activating group) is 1. The third-order valence-electron chi connectivity index (χ3n) is 4.78. The SMILES string of the molecule is C[C@H]1CN(CC(=O)N(C)CCC#N)CCN1C[C@@H](O)c1ccccc1. The normalized spacial score (nSPS) is 20.0. The van der Waals surface area contributed by atoms with E-state index >= 15 is 0 Å². The van der Waals surface area contributed by atoms with Gasteiger partial charge in [-0.3, -0.25) is 14.6 Å². The van der Waals surface area contributed by atoms with Gasteiger partial charge in [-0.05, 0) is 12.5 Å². The number of nitrogens with zero attached hydrogens (tertiary/aromatic N) is 4. The maximum absolute atomic E-state index is 12.2. The molecular formula is C19H28N4O2. The molecule has 6 nitrogen and oxygen atoms in total. The van der Waals surface area contributed by atoms with Crippen molar-refractivity contribution in [2.24, 2.45) is 0 Å². The highest BCUT2D eigenvalue weighted by Crippen LogP contribution is 2.17. The Kier molecular flexibility index (Phi) is 7.38. The second-order valence-electron chi connectivity index (χ2n) is 6.73. The first-order valence-corrected chi connectivity index (χ1v) is 8.81. The number of piperazine rings is 1. The van der Waals surface area contributed by atoms with E-state index in [-0.39, 0.29) is 11.9 Å². The predicted octanol–water partition coefficient (Wildman–Crippen LogP) is 1.10. The second kappa shape index (κ2) is 9.52. The largest absolute Gasteiger partial charge is 0.387 e. The van der Waals surface area contributed by atoms with E-state index < -0.39 is 6.10 Å². The van der Waals surface area contributed by atoms with Gasteiger partial charge in [0, 0.05) is 45.8 Å². The summed E-state index contributed by atoms with van der Waals surface area (Å²) in [6.07, 6.45) is -0.127. The van der Waals surface area contributed by atoms with Crippen molar-refractivity contribution < 1.29 is 9.90 Å². The van der Waals surface area contributed by atoms with Gasteiger partial charge in [0.2, 0.25) is 5.91 Å². The number of β-amino-alcohol motifs (C(OH)–C–C–N with tert-alkyl or cyclic N) is 1. The molecule has 1 amide bonds. The summed E-state index contributed by atoms with van der Waals surface area (Å²) in [5.74, 6) is 0.0558. The van der Waals surface area contributed by atoms with E-state index in [2.05, 4.69) is 22.8 Å². The molecule has 0 radical (unpaired) electrons. The number of hydrogen-bond acceptors (Lipinski definition) is 5. The Balaban J connectivity index is 1.80. The van der Waals surface area contributed by atoms with Gasteiger partial charge < -0.3 is 10.0 Å². The molecule has 1 saturated heterocycles. The molecule has 0 bridgehead atoms. The van der Waals surface area contributed by atoms with Gasteiger partial charge in [0.1, 0.15) is 0 Å². The topological polar surface area (TPSA) is 70.8 Å². The van der Waals surface area contributed by atoms with E-state index in [1.807, 2.05) is 30.3 Å². The van der Waals surface area contributed by atoms with Gasteiger partial charge in [0.05, 0.1) is 25.1 Å². The van der Waals surface area contributed by atoms with Crippen LogP contribution in [0.4, 0.5) is 0 Å². The molecule has 0 unspecified atom stereocenters. The molecule has 2 rings (SSSR count). The van der Waals surface area contributed by atoms with Crippen molar-refractivity contribution in [3.63, 3.8) is 0 Å². The van der Waals surface area contributed by atoms with Crippen LogP contribution in [0.5, 0.6) is 0 Å². The van der Waals surface area contributed by atoms with E-state index in [0.29, 0.717) is 26.1 Å². The Morgan fingerprint density at radius 3 is 2.76 bits per heavy atom. The average Bonchev–Trinajstić information content (AvgIpc) is 2.62. The lowest BCUT2D eigenvalue weighted by Gasteiger charge is -2.40. The smallest absolute Gasteiger partial charge is 0.236 e. The number of aliphatic hydroxyl groups is 1. The highest BCUT2D eigenvalue weighted by Gasteiger charge is 2.27. The van der Waals surface area contributed by atoms with E-state index in [1.54, 1.807) is 11.9 Å². The minimum absolute atomic E-state index is 0.0558. The van der Waals surface area contributed by atoms with E-state index in [9.17, 15) is 9.90 Å². The maximum Gasteiger partial charge on any atom is 0.236 e. The van der Waals surface area contributed by atoms with Gasteiger partial charge in [0.15, 0.2) is 0 Å². The minimum Gasteiger partial charge on any atom is -0.387 e. The summed E-state index contributed by atoms with van der Waals surface area (Å²) in [5, 5.41) is 19.0. The zero-order valence-electron chi connectivity index (χ0n) is 15.1. The number of nitriles is 1. The summed E-state index contributed by atoms with van der Waals surface area (Å²) in [4.78, 5) is 18.2. The van der Waals surface area contributed by atoms with Crippen LogP contribution in [0.15, 0.2) is 30.3 Å². The lowest BCUT2D eigenvalue weighted by atomic mass is 10.1. The maximum atomic E-state index is 12.2. The first kappa shape index (κ1) is 19.4. The van der Waals surface area contributed by atoms with E-state index in [1.165, 1.54) is 0 Å². The fourth-order valence-corrected chi connectivity index (χ4v) is 3.14. The second-order valence-corrected chi connectivity index (χ2v) is 6.73. The summed E-state index contributed by atoms with van der Waals surface area (Å²) in [5.41, 5.74) is 0.937. The number of amides is 1. The Labute approximate surface area is 150 Å². The third kappa shape index (κ3) is 5.82. The molecule has 1 aliphatic heterocycles. The van der Waals surface area contributed by atoms with Gasteiger partial charge in [-0.1, -0.05) is 30.3 Å². The molecule has 1 aromatic rings. The molecule has 0 spiro atoms. The molecule has 1 fully saturated rings. The van der Waals surface area contributed by atoms with Crippen molar-refractivity contribution in [2.75, 3.05) is 46.3 Å². The summed E-state index contributed by atoms with van der Waals surface area (Å²) in [6.45, 7) is 6.06. The summed E-state index contributed by atoms with van der Waals surface area (Å²) in [6, 6.07) is 12.1. The molecule has 136 valence electrons. The Morgan fingerprint density at radius 2 is 2.12 bits per heavy atom. The Hall–Kier alpha value is -1.94. The predicted molar refractivity (Wildman–Crippen MR) is 96.7 cm³/mol. The molecular weight excluding hydrogens is 316 g/mol. The standard InChI is InChI=1S/C19H28N4O2/c1-16-13-22(15-19(25)21(2)10-6-9-20)11-12-23(16)14-18(24)17-7-4-3-5-8-17/h3-5,7-8,16,18,24H,6,10-15H2,1-2H3/t16-,18+/m0/s1. The first-order chi connectivity index (χ1) is 12.0. The Morgan fingerprint density at radius 1 is 1.40 bits per heavy atom. The molecule has 0 aromatic heterocycles.